The van der Waals surface area contributed by atoms with E-state index in [1.165, 1.54) is 31.4 Å². The van der Waals surface area contributed by atoms with E-state index >= 15 is 0 Å². The number of aromatic hydroxyl groups is 2. The molecule has 0 spiro atoms. The molecule has 5 heteroatoms. The molecule has 0 amide bonds. The van der Waals surface area contributed by atoms with Gasteiger partial charge >= 0.3 is 0 Å². The smallest absolute Gasteiger partial charge is 0.200 e. The predicted octanol–water partition coefficient (Wildman–Crippen LogP) is 4.69. The lowest BCUT2D eigenvalue weighted by atomic mass is 9.95. The van der Waals surface area contributed by atoms with Gasteiger partial charge in [0.05, 0.1) is 18.2 Å². The number of hydrogen-bond acceptors (Lipinski definition) is 5. The van der Waals surface area contributed by atoms with Crippen LogP contribution in [0.2, 0.25) is 0 Å². The second-order valence-corrected chi connectivity index (χ2v) is 6.78. The number of ether oxygens (including phenoxy) is 1. The Kier molecular flexibility index (Phi) is 6.32. The van der Waals surface area contributed by atoms with Crippen molar-refractivity contribution >= 4 is 11.6 Å². The van der Waals surface area contributed by atoms with Gasteiger partial charge in [0.2, 0.25) is 0 Å². The summed E-state index contributed by atoms with van der Waals surface area (Å²) < 4.78 is 5.39. The lowest BCUT2D eigenvalue weighted by molar-refractivity contribution is -0.114. The Labute approximate surface area is 174 Å². The van der Waals surface area contributed by atoms with Gasteiger partial charge < -0.3 is 14.9 Å². The van der Waals surface area contributed by atoms with E-state index in [1.807, 2.05) is 24.3 Å². The highest BCUT2D eigenvalue weighted by molar-refractivity contribution is 6.13. The van der Waals surface area contributed by atoms with Crippen molar-refractivity contribution < 1.29 is 24.5 Å². The molecule has 0 heterocycles. The van der Waals surface area contributed by atoms with Crippen LogP contribution in [0.5, 0.6) is 17.2 Å². The fourth-order valence-corrected chi connectivity index (χ4v) is 3.18. The first-order valence-electron chi connectivity index (χ1n) is 9.43. The Bertz CT molecular complexity index is 1100. The number of methoxy groups -OCH3 is 1. The molecule has 3 aromatic carbocycles. The van der Waals surface area contributed by atoms with Crippen LogP contribution in [0.4, 0.5) is 0 Å². The zero-order chi connectivity index (χ0) is 21.7. The van der Waals surface area contributed by atoms with Crippen molar-refractivity contribution in [3.05, 3.63) is 90.0 Å². The van der Waals surface area contributed by atoms with Crippen molar-refractivity contribution in [1.82, 2.24) is 0 Å². The minimum absolute atomic E-state index is 0.00778. The largest absolute Gasteiger partial charge is 0.507 e. The molecule has 0 aromatic heterocycles. The second kappa shape index (κ2) is 9.09. The first-order chi connectivity index (χ1) is 14.4. The van der Waals surface area contributed by atoms with Gasteiger partial charge in [-0.05, 0) is 41.8 Å². The number of para-hydroxylation sites is 1. The van der Waals surface area contributed by atoms with Crippen LogP contribution < -0.4 is 4.74 Å². The van der Waals surface area contributed by atoms with E-state index in [2.05, 4.69) is 6.58 Å². The molecule has 0 saturated carbocycles. The molecule has 0 saturated heterocycles. The van der Waals surface area contributed by atoms with Crippen molar-refractivity contribution in [2.24, 2.45) is 0 Å². The van der Waals surface area contributed by atoms with E-state index in [1.54, 1.807) is 18.2 Å². The van der Waals surface area contributed by atoms with Crippen LogP contribution in [0.25, 0.3) is 11.1 Å². The standard InChI is InChI=1S/C25H22O5/c1-3-18(26)13-10-16-8-11-17(12-9-16)20-14-21(23(28)15-24(20)30-2)25(29)19-6-4-5-7-22(19)27/h3-9,11-12,14-15,27-28H,1,10,13H2,2H3. The molecule has 30 heavy (non-hydrogen) atoms. The number of ketones is 2. The third-order valence-electron chi connectivity index (χ3n) is 4.86. The maximum Gasteiger partial charge on any atom is 0.200 e. The fourth-order valence-electron chi connectivity index (χ4n) is 3.18. The first kappa shape index (κ1) is 20.9. The summed E-state index contributed by atoms with van der Waals surface area (Å²) in [4.78, 5) is 24.3. The summed E-state index contributed by atoms with van der Waals surface area (Å²) in [6, 6.07) is 16.7. The van der Waals surface area contributed by atoms with Crippen LogP contribution in [-0.2, 0) is 11.2 Å². The maximum absolute atomic E-state index is 12.9. The highest BCUT2D eigenvalue weighted by Crippen LogP contribution is 2.37. The normalized spacial score (nSPS) is 10.4. The van der Waals surface area contributed by atoms with Crippen molar-refractivity contribution in [2.45, 2.75) is 12.8 Å². The van der Waals surface area contributed by atoms with Crippen LogP contribution >= 0.6 is 0 Å². The van der Waals surface area contributed by atoms with Crippen LogP contribution in [0.1, 0.15) is 27.9 Å². The van der Waals surface area contributed by atoms with Gasteiger partial charge in [-0.1, -0.05) is 43.0 Å². The molecule has 0 atom stereocenters. The van der Waals surface area contributed by atoms with E-state index in [0.717, 1.165) is 11.1 Å². The Balaban J connectivity index is 1.97. The number of phenols is 2. The molecule has 3 aromatic rings. The minimum atomic E-state index is -0.492. The van der Waals surface area contributed by atoms with Crippen molar-refractivity contribution in [3.8, 4) is 28.4 Å². The molecule has 5 nitrogen and oxygen atoms in total. The minimum Gasteiger partial charge on any atom is -0.507 e. The number of carbonyl (C=O) groups excluding carboxylic acids is 2. The zero-order valence-corrected chi connectivity index (χ0v) is 16.6. The van der Waals surface area contributed by atoms with Crippen molar-refractivity contribution in [3.63, 3.8) is 0 Å². The number of rotatable bonds is 8. The summed E-state index contributed by atoms with van der Waals surface area (Å²) in [6.07, 6.45) is 2.32. The number of carbonyl (C=O) groups is 2. The Morgan fingerprint density at radius 1 is 0.967 bits per heavy atom. The lowest BCUT2D eigenvalue weighted by Crippen LogP contribution is -2.03. The second-order valence-electron chi connectivity index (χ2n) is 6.78. The average Bonchev–Trinajstić information content (AvgIpc) is 2.77. The summed E-state index contributed by atoms with van der Waals surface area (Å²) in [5.74, 6) is -0.474. The molecule has 0 aliphatic heterocycles. The number of benzene rings is 3. The summed E-state index contributed by atoms with van der Waals surface area (Å²) in [5, 5.41) is 20.4. The van der Waals surface area contributed by atoms with E-state index in [0.29, 0.717) is 24.2 Å². The average molecular weight is 402 g/mol. The number of aryl methyl sites for hydroxylation is 1. The molecular weight excluding hydrogens is 380 g/mol. The van der Waals surface area contributed by atoms with Gasteiger partial charge in [-0.2, -0.15) is 0 Å². The highest BCUT2D eigenvalue weighted by atomic mass is 16.5. The topological polar surface area (TPSA) is 83.8 Å². The molecule has 0 unspecified atom stereocenters. The predicted molar refractivity (Wildman–Crippen MR) is 115 cm³/mol. The van der Waals surface area contributed by atoms with E-state index in [9.17, 15) is 19.8 Å². The van der Waals surface area contributed by atoms with Crippen molar-refractivity contribution in [1.29, 1.82) is 0 Å². The molecule has 0 radical (unpaired) electrons. The fraction of sp³-hybridized carbons (Fsp3) is 0.120. The summed E-state index contributed by atoms with van der Waals surface area (Å²) in [7, 11) is 1.48. The Morgan fingerprint density at radius 3 is 2.30 bits per heavy atom. The molecule has 3 rings (SSSR count). The summed E-state index contributed by atoms with van der Waals surface area (Å²) in [6.45, 7) is 3.48. The van der Waals surface area contributed by atoms with Gasteiger partial charge in [0, 0.05) is 18.1 Å². The Hall–Kier alpha value is -3.86. The molecule has 152 valence electrons. The lowest BCUT2D eigenvalue weighted by Gasteiger charge is -2.13. The van der Waals surface area contributed by atoms with Gasteiger partial charge in [-0.25, -0.2) is 0 Å². The van der Waals surface area contributed by atoms with Crippen LogP contribution in [0.3, 0.4) is 0 Å². The van der Waals surface area contributed by atoms with Gasteiger partial charge in [-0.15, -0.1) is 0 Å². The van der Waals surface area contributed by atoms with E-state index in [-0.39, 0.29) is 28.4 Å². The van der Waals surface area contributed by atoms with Gasteiger partial charge in [0.15, 0.2) is 11.6 Å². The quantitative estimate of drug-likeness (QED) is 0.422. The zero-order valence-electron chi connectivity index (χ0n) is 16.6. The Morgan fingerprint density at radius 2 is 1.67 bits per heavy atom. The molecule has 0 bridgehead atoms. The van der Waals surface area contributed by atoms with Crippen LogP contribution in [0, 0.1) is 0 Å². The number of phenolic OH excluding ortho intramolecular Hbond substituents is 2. The highest BCUT2D eigenvalue weighted by Gasteiger charge is 2.20. The SMILES string of the molecule is C=CC(=O)CCc1ccc(-c2cc(C(=O)c3ccccc3O)c(O)cc2OC)cc1. The third kappa shape index (κ3) is 4.41. The van der Waals surface area contributed by atoms with Gasteiger partial charge in [0.25, 0.3) is 0 Å². The molecular formula is C25H22O5. The number of hydrogen-bond donors (Lipinski definition) is 2. The third-order valence-corrected chi connectivity index (χ3v) is 4.86. The monoisotopic (exact) mass is 402 g/mol. The molecule has 0 fully saturated rings. The molecule has 2 N–H and O–H groups in total. The summed E-state index contributed by atoms with van der Waals surface area (Å²) >= 11 is 0. The van der Waals surface area contributed by atoms with Crippen LogP contribution in [0.15, 0.2) is 73.3 Å². The van der Waals surface area contributed by atoms with E-state index < -0.39 is 5.78 Å². The molecule has 0 aliphatic rings. The van der Waals surface area contributed by atoms with Gasteiger partial charge in [-0.3, -0.25) is 9.59 Å². The van der Waals surface area contributed by atoms with Crippen molar-refractivity contribution in [2.75, 3.05) is 7.11 Å². The summed E-state index contributed by atoms with van der Waals surface area (Å²) in [5.41, 5.74) is 2.58. The molecule has 0 aliphatic carbocycles. The van der Waals surface area contributed by atoms with Crippen LogP contribution in [-0.4, -0.2) is 28.9 Å². The first-order valence-corrected chi connectivity index (χ1v) is 9.43. The van der Waals surface area contributed by atoms with E-state index in [4.69, 9.17) is 4.74 Å². The van der Waals surface area contributed by atoms with Gasteiger partial charge in [0.1, 0.15) is 17.2 Å². The number of allylic oxidation sites excluding steroid dienone is 1. The maximum atomic E-state index is 12.9.